The Morgan fingerprint density at radius 1 is 1.14 bits per heavy atom. The minimum absolute atomic E-state index is 0.00775. The summed E-state index contributed by atoms with van der Waals surface area (Å²) in [5.74, 6) is -0.0389. The first-order valence-corrected chi connectivity index (χ1v) is 10.2. The quantitative estimate of drug-likeness (QED) is 0.833. The van der Waals surface area contributed by atoms with E-state index < -0.39 is 0 Å². The highest BCUT2D eigenvalue weighted by Gasteiger charge is 2.35. The Bertz CT molecular complexity index is 754. The number of hydrogen-bond donors (Lipinski definition) is 2. The molecule has 3 rings (SSSR count). The predicted molar refractivity (Wildman–Crippen MR) is 110 cm³/mol. The molecule has 2 aliphatic rings. The molecule has 0 bridgehead atoms. The second-order valence-corrected chi connectivity index (χ2v) is 8.98. The molecule has 1 fully saturated rings. The molecule has 0 aromatic heterocycles. The van der Waals surface area contributed by atoms with Gasteiger partial charge in [0.2, 0.25) is 17.7 Å². The van der Waals surface area contributed by atoms with E-state index in [-0.39, 0.29) is 48.6 Å². The molecule has 0 saturated heterocycles. The highest BCUT2D eigenvalue weighted by molar-refractivity contribution is 6.10. The van der Waals surface area contributed by atoms with Crippen molar-refractivity contribution in [1.82, 2.24) is 5.32 Å². The van der Waals surface area contributed by atoms with E-state index in [0.717, 1.165) is 19.3 Å². The monoisotopic (exact) mass is 385 g/mol. The maximum Gasteiger partial charge on any atom is 0.244 e. The third-order valence-corrected chi connectivity index (χ3v) is 5.86. The number of para-hydroxylation sites is 2. The van der Waals surface area contributed by atoms with Crippen LogP contribution in [0, 0.1) is 11.3 Å². The highest BCUT2D eigenvalue weighted by atomic mass is 16.2. The second-order valence-electron chi connectivity index (χ2n) is 8.98. The molecule has 1 aliphatic carbocycles. The summed E-state index contributed by atoms with van der Waals surface area (Å²) in [7, 11) is 0. The first-order chi connectivity index (χ1) is 13.3. The van der Waals surface area contributed by atoms with Crippen LogP contribution >= 0.6 is 0 Å². The van der Waals surface area contributed by atoms with Crippen LogP contribution in [0.4, 0.5) is 11.4 Å². The number of nitrogens with zero attached hydrogens (tertiary/aromatic N) is 1. The first-order valence-electron chi connectivity index (χ1n) is 10.2. The van der Waals surface area contributed by atoms with Gasteiger partial charge in [-0.2, -0.15) is 0 Å². The van der Waals surface area contributed by atoms with Gasteiger partial charge in [-0.05, 0) is 36.3 Å². The molecular formula is C22H31N3O3. The Kier molecular flexibility index (Phi) is 6.06. The van der Waals surface area contributed by atoms with Gasteiger partial charge in [-0.25, -0.2) is 0 Å². The van der Waals surface area contributed by atoms with Gasteiger partial charge in [0.25, 0.3) is 0 Å². The molecule has 1 heterocycles. The van der Waals surface area contributed by atoms with Gasteiger partial charge in [0.1, 0.15) is 6.54 Å². The van der Waals surface area contributed by atoms with E-state index in [2.05, 4.69) is 31.4 Å². The highest BCUT2D eigenvalue weighted by Crippen LogP contribution is 2.38. The van der Waals surface area contributed by atoms with Crippen LogP contribution in [0.5, 0.6) is 0 Å². The van der Waals surface area contributed by atoms with Crippen LogP contribution in [0.2, 0.25) is 0 Å². The molecule has 6 nitrogen and oxygen atoms in total. The Morgan fingerprint density at radius 3 is 2.61 bits per heavy atom. The molecule has 152 valence electrons. The Morgan fingerprint density at radius 2 is 1.86 bits per heavy atom. The van der Waals surface area contributed by atoms with E-state index in [0.29, 0.717) is 17.3 Å². The van der Waals surface area contributed by atoms with Crippen LogP contribution < -0.4 is 15.5 Å². The first kappa shape index (κ1) is 20.4. The van der Waals surface area contributed by atoms with Crippen molar-refractivity contribution in [1.29, 1.82) is 0 Å². The van der Waals surface area contributed by atoms with Crippen LogP contribution in [0.25, 0.3) is 0 Å². The fourth-order valence-electron chi connectivity index (χ4n) is 4.43. The summed E-state index contributed by atoms with van der Waals surface area (Å²) in [5, 5.41) is 5.94. The molecule has 1 saturated carbocycles. The van der Waals surface area contributed by atoms with Crippen molar-refractivity contribution in [2.45, 2.75) is 65.3 Å². The van der Waals surface area contributed by atoms with Crippen LogP contribution in [0.15, 0.2) is 24.3 Å². The van der Waals surface area contributed by atoms with E-state index in [1.807, 2.05) is 18.2 Å². The van der Waals surface area contributed by atoms with Crippen molar-refractivity contribution >= 4 is 29.1 Å². The summed E-state index contributed by atoms with van der Waals surface area (Å²) < 4.78 is 0. The van der Waals surface area contributed by atoms with Gasteiger partial charge >= 0.3 is 0 Å². The van der Waals surface area contributed by atoms with Crippen molar-refractivity contribution in [3.8, 4) is 0 Å². The van der Waals surface area contributed by atoms with Crippen LogP contribution in [-0.4, -0.2) is 30.3 Å². The van der Waals surface area contributed by atoms with Crippen molar-refractivity contribution in [2.75, 3.05) is 16.8 Å². The molecule has 0 unspecified atom stereocenters. The maximum atomic E-state index is 12.7. The molecule has 1 aromatic rings. The Hall–Kier alpha value is -2.37. The summed E-state index contributed by atoms with van der Waals surface area (Å²) in [6.07, 6.45) is 4.72. The molecule has 1 aromatic carbocycles. The fourth-order valence-corrected chi connectivity index (χ4v) is 4.43. The topological polar surface area (TPSA) is 78.5 Å². The van der Waals surface area contributed by atoms with Gasteiger partial charge in [-0.3, -0.25) is 14.4 Å². The van der Waals surface area contributed by atoms with Crippen molar-refractivity contribution in [3.05, 3.63) is 24.3 Å². The normalized spacial score (nSPS) is 22.2. The number of nitrogens with one attached hydrogen (secondary N) is 2. The molecule has 1 aliphatic heterocycles. The largest absolute Gasteiger partial charge is 0.353 e. The third kappa shape index (κ3) is 4.72. The lowest BCUT2D eigenvalue weighted by atomic mass is 9.69. The SMILES string of the molecule is CC(C)(C)[C@@H]1CCCC[C@@H]1NC(=O)CCC(=O)N1CC(=O)Nc2ccccc21. The minimum Gasteiger partial charge on any atom is -0.353 e. The lowest BCUT2D eigenvalue weighted by Gasteiger charge is -2.40. The van der Waals surface area contributed by atoms with E-state index in [4.69, 9.17) is 0 Å². The minimum atomic E-state index is -0.216. The van der Waals surface area contributed by atoms with E-state index in [1.54, 1.807) is 6.07 Å². The average Bonchev–Trinajstić information content (AvgIpc) is 2.65. The Labute approximate surface area is 167 Å². The van der Waals surface area contributed by atoms with Crippen molar-refractivity contribution in [3.63, 3.8) is 0 Å². The fraction of sp³-hybridized carbons (Fsp3) is 0.591. The van der Waals surface area contributed by atoms with Crippen molar-refractivity contribution < 1.29 is 14.4 Å². The number of benzene rings is 1. The van der Waals surface area contributed by atoms with E-state index in [9.17, 15) is 14.4 Å². The number of carbonyl (C=O) groups excluding carboxylic acids is 3. The van der Waals surface area contributed by atoms with Crippen LogP contribution in [0.1, 0.15) is 59.3 Å². The molecule has 0 radical (unpaired) electrons. The molecule has 3 amide bonds. The number of anilines is 2. The molecule has 2 N–H and O–H groups in total. The van der Waals surface area contributed by atoms with Gasteiger partial charge in [0, 0.05) is 18.9 Å². The maximum absolute atomic E-state index is 12.7. The standard InChI is InChI=1S/C22H31N3O3/c1-22(2,3)15-8-4-5-9-16(15)23-19(26)12-13-21(28)25-14-20(27)24-17-10-6-7-11-18(17)25/h6-7,10-11,15-16H,4-5,8-9,12-14H2,1-3H3,(H,23,26)(H,24,27)/t15-,16+/m1/s1. The third-order valence-electron chi connectivity index (χ3n) is 5.86. The van der Waals surface area contributed by atoms with Crippen molar-refractivity contribution in [2.24, 2.45) is 11.3 Å². The molecule has 6 heteroatoms. The van der Waals surface area contributed by atoms with Gasteiger partial charge in [-0.15, -0.1) is 0 Å². The smallest absolute Gasteiger partial charge is 0.244 e. The number of rotatable bonds is 4. The van der Waals surface area contributed by atoms with Gasteiger partial charge in [0.05, 0.1) is 11.4 Å². The van der Waals surface area contributed by atoms with Crippen LogP contribution in [0.3, 0.4) is 0 Å². The van der Waals surface area contributed by atoms with Gasteiger partial charge in [-0.1, -0.05) is 45.7 Å². The zero-order chi connectivity index (χ0) is 20.3. The lowest BCUT2D eigenvalue weighted by Crippen LogP contribution is -2.47. The number of hydrogen-bond acceptors (Lipinski definition) is 3. The predicted octanol–water partition coefficient (Wildman–Crippen LogP) is 3.47. The van der Waals surface area contributed by atoms with Gasteiger partial charge < -0.3 is 15.5 Å². The van der Waals surface area contributed by atoms with E-state index in [1.165, 1.54) is 11.3 Å². The molecule has 28 heavy (non-hydrogen) atoms. The number of amides is 3. The number of carbonyl (C=O) groups is 3. The Balaban J connectivity index is 1.57. The zero-order valence-corrected chi connectivity index (χ0v) is 17.1. The summed E-state index contributed by atoms with van der Waals surface area (Å²) in [4.78, 5) is 38.6. The number of fused-ring (bicyclic) bond motifs is 1. The summed E-state index contributed by atoms with van der Waals surface area (Å²) in [6, 6.07) is 7.41. The molecular weight excluding hydrogens is 354 g/mol. The zero-order valence-electron chi connectivity index (χ0n) is 17.1. The van der Waals surface area contributed by atoms with Gasteiger partial charge in [0.15, 0.2) is 0 Å². The van der Waals surface area contributed by atoms with E-state index >= 15 is 0 Å². The molecule has 2 atom stereocenters. The summed E-state index contributed by atoms with van der Waals surface area (Å²) in [5.41, 5.74) is 1.47. The molecule has 0 spiro atoms. The second kappa shape index (κ2) is 8.33. The van der Waals surface area contributed by atoms with Crippen LogP contribution in [-0.2, 0) is 14.4 Å². The summed E-state index contributed by atoms with van der Waals surface area (Å²) >= 11 is 0. The summed E-state index contributed by atoms with van der Waals surface area (Å²) in [6.45, 7) is 6.67. The lowest BCUT2D eigenvalue weighted by molar-refractivity contribution is -0.126. The average molecular weight is 386 g/mol.